The maximum absolute atomic E-state index is 9.27. The molecule has 0 N–H and O–H groups in total. The second kappa shape index (κ2) is 9.60. The molecule has 0 aliphatic rings. The number of hydrogen-bond acceptors (Lipinski definition) is 2. The Hall–Kier alpha value is -1.40. The molecule has 0 spiro atoms. The lowest BCUT2D eigenvalue weighted by atomic mass is 10.4. The van der Waals surface area contributed by atoms with Crippen molar-refractivity contribution in [2.75, 3.05) is 6.54 Å². The highest BCUT2D eigenvalue weighted by atomic mass is 16.1. The Bertz CT molecular complexity index is 188. The van der Waals surface area contributed by atoms with Gasteiger partial charge in [0.05, 0.1) is 6.54 Å². The van der Waals surface area contributed by atoms with Gasteiger partial charge in [0.15, 0.2) is 0 Å². The number of aliphatic imine (C=N–C) groups is 1. The first-order chi connectivity index (χ1) is 5.91. The number of hydrogen-bond donors (Lipinski definition) is 0. The molecule has 1 rings (SSSR count). The van der Waals surface area contributed by atoms with Crippen molar-refractivity contribution in [3.05, 3.63) is 36.4 Å². The minimum Gasteiger partial charge on any atom is -0.211 e. The molecular formula is C10H13NO. The van der Waals surface area contributed by atoms with Crippen LogP contribution in [-0.4, -0.2) is 12.6 Å². The molecule has 2 heteroatoms. The van der Waals surface area contributed by atoms with Gasteiger partial charge in [-0.25, -0.2) is 9.79 Å². The molecule has 0 aliphatic carbocycles. The molecule has 12 heavy (non-hydrogen) atoms. The van der Waals surface area contributed by atoms with Gasteiger partial charge in [-0.2, -0.15) is 0 Å². The molecule has 0 fully saturated rings. The zero-order chi connectivity index (χ0) is 9.07. The fourth-order valence-corrected chi connectivity index (χ4v) is 0.542. The van der Waals surface area contributed by atoms with Crippen LogP contribution in [-0.2, 0) is 4.79 Å². The van der Waals surface area contributed by atoms with Gasteiger partial charge in [0, 0.05) is 0 Å². The third-order valence-electron chi connectivity index (χ3n) is 1.07. The van der Waals surface area contributed by atoms with Crippen LogP contribution in [0, 0.1) is 0 Å². The van der Waals surface area contributed by atoms with Crippen molar-refractivity contribution in [1.29, 1.82) is 0 Å². The van der Waals surface area contributed by atoms with Crippen molar-refractivity contribution >= 4 is 6.08 Å². The van der Waals surface area contributed by atoms with Crippen LogP contribution in [0.25, 0.3) is 0 Å². The van der Waals surface area contributed by atoms with Crippen LogP contribution >= 0.6 is 0 Å². The molecule has 0 saturated carbocycles. The molecule has 0 saturated heterocycles. The van der Waals surface area contributed by atoms with Gasteiger partial charge in [-0.1, -0.05) is 43.3 Å². The van der Waals surface area contributed by atoms with Crippen LogP contribution in [0.5, 0.6) is 0 Å². The molecule has 1 aromatic carbocycles. The minimum absolute atomic E-state index is 0.615. The Morgan fingerprint density at radius 2 is 1.50 bits per heavy atom. The van der Waals surface area contributed by atoms with Gasteiger partial charge in [0.25, 0.3) is 0 Å². The van der Waals surface area contributed by atoms with Crippen LogP contribution in [0.1, 0.15) is 13.3 Å². The molecule has 64 valence electrons. The van der Waals surface area contributed by atoms with E-state index in [2.05, 4.69) is 4.99 Å². The summed E-state index contributed by atoms with van der Waals surface area (Å²) in [5, 5.41) is 0. The molecule has 2 nitrogen and oxygen atoms in total. The van der Waals surface area contributed by atoms with Crippen molar-refractivity contribution in [2.45, 2.75) is 13.3 Å². The fourth-order valence-electron chi connectivity index (χ4n) is 0.542. The van der Waals surface area contributed by atoms with Gasteiger partial charge < -0.3 is 0 Å². The first-order valence-corrected chi connectivity index (χ1v) is 3.95. The molecule has 0 aromatic heterocycles. The average molecular weight is 163 g/mol. The van der Waals surface area contributed by atoms with Gasteiger partial charge in [-0.3, -0.25) is 0 Å². The summed E-state index contributed by atoms with van der Waals surface area (Å²) in [6, 6.07) is 12.0. The summed E-state index contributed by atoms with van der Waals surface area (Å²) in [7, 11) is 0. The number of rotatable bonds is 2. The van der Waals surface area contributed by atoms with E-state index < -0.39 is 0 Å². The maximum Gasteiger partial charge on any atom is 0.234 e. The van der Waals surface area contributed by atoms with E-state index in [0.29, 0.717) is 6.54 Å². The Labute approximate surface area is 73.0 Å². The van der Waals surface area contributed by atoms with Crippen LogP contribution in [0.3, 0.4) is 0 Å². The first kappa shape index (κ1) is 10.6. The largest absolute Gasteiger partial charge is 0.234 e. The van der Waals surface area contributed by atoms with E-state index in [1.165, 1.54) is 6.08 Å². The Kier molecular flexibility index (Phi) is 8.48. The van der Waals surface area contributed by atoms with E-state index in [1.807, 2.05) is 43.3 Å². The SMILES string of the molecule is CCCN=C=O.c1ccccc1. The summed E-state index contributed by atoms with van der Waals surface area (Å²) in [6.45, 7) is 2.57. The van der Waals surface area contributed by atoms with Crippen molar-refractivity contribution in [1.82, 2.24) is 0 Å². The predicted molar refractivity (Wildman–Crippen MR) is 49.7 cm³/mol. The van der Waals surface area contributed by atoms with Crippen molar-refractivity contribution < 1.29 is 4.79 Å². The number of benzene rings is 1. The van der Waals surface area contributed by atoms with Gasteiger partial charge in [-0.05, 0) is 6.42 Å². The van der Waals surface area contributed by atoms with Crippen molar-refractivity contribution in [3.8, 4) is 0 Å². The van der Waals surface area contributed by atoms with Gasteiger partial charge in [-0.15, -0.1) is 0 Å². The van der Waals surface area contributed by atoms with E-state index in [1.54, 1.807) is 0 Å². The standard InChI is InChI=1S/C6H6.C4H7NO/c1-2-4-6-5-3-1;1-2-3-5-4-6/h1-6H;2-3H2,1H3. The summed E-state index contributed by atoms with van der Waals surface area (Å²) >= 11 is 0. The zero-order valence-electron chi connectivity index (χ0n) is 7.23. The van der Waals surface area contributed by atoms with Crippen molar-refractivity contribution in [3.63, 3.8) is 0 Å². The van der Waals surface area contributed by atoms with E-state index in [0.717, 1.165) is 6.42 Å². The molecule has 0 bridgehead atoms. The second-order valence-electron chi connectivity index (χ2n) is 2.13. The topological polar surface area (TPSA) is 29.4 Å². The molecule has 0 aliphatic heterocycles. The van der Waals surface area contributed by atoms with Crippen LogP contribution in [0.15, 0.2) is 41.4 Å². The lowest BCUT2D eigenvalue weighted by Gasteiger charge is -1.71. The molecule has 0 amide bonds. The summed E-state index contributed by atoms with van der Waals surface area (Å²) in [5.41, 5.74) is 0. The van der Waals surface area contributed by atoms with Gasteiger partial charge in [0.2, 0.25) is 6.08 Å². The monoisotopic (exact) mass is 163 g/mol. The summed E-state index contributed by atoms with van der Waals surface area (Å²) in [5.74, 6) is 0. The van der Waals surface area contributed by atoms with Crippen LogP contribution < -0.4 is 0 Å². The highest BCUT2D eigenvalue weighted by molar-refractivity contribution is 5.32. The minimum atomic E-state index is 0.615. The summed E-state index contributed by atoms with van der Waals surface area (Å²) in [4.78, 5) is 12.6. The third-order valence-corrected chi connectivity index (χ3v) is 1.07. The van der Waals surface area contributed by atoms with Gasteiger partial charge in [0.1, 0.15) is 0 Å². The van der Waals surface area contributed by atoms with E-state index in [9.17, 15) is 4.79 Å². The number of nitrogens with zero attached hydrogens (tertiary/aromatic N) is 1. The molecule has 0 radical (unpaired) electrons. The molecule has 1 aromatic rings. The maximum atomic E-state index is 9.27. The average Bonchev–Trinajstić information content (AvgIpc) is 2.18. The van der Waals surface area contributed by atoms with Gasteiger partial charge >= 0.3 is 0 Å². The lowest BCUT2D eigenvalue weighted by Crippen LogP contribution is -1.69. The highest BCUT2D eigenvalue weighted by Gasteiger charge is 1.66. The quantitative estimate of drug-likeness (QED) is 0.486. The van der Waals surface area contributed by atoms with E-state index in [-0.39, 0.29) is 0 Å². The Morgan fingerprint density at radius 1 is 1.08 bits per heavy atom. The Morgan fingerprint density at radius 3 is 1.67 bits per heavy atom. The van der Waals surface area contributed by atoms with Crippen LogP contribution in [0.4, 0.5) is 0 Å². The zero-order valence-corrected chi connectivity index (χ0v) is 7.23. The summed E-state index contributed by atoms with van der Waals surface area (Å²) < 4.78 is 0. The predicted octanol–water partition coefficient (Wildman–Crippen LogP) is 2.42. The lowest BCUT2D eigenvalue weighted by molar-refractivity contribution is 0.562. The molecular weight excluding hydrogens is 150 g/mol. The third kappa shape index (κ3) is 8.60. The van der Waals surface area contributed by atoms with Crippen molar-refractivity contribution in [2.24, 2.45) is 4.99 Å². The Balaban J connectivity index is 0.000000202. The summed E-state index contributed by atoms with van der Waals surface area (Å²) in [6.07, 6.45) is 2.37. The molecule has 0 unspecified atom stereocenters. The number of isocyanates is 1. The van der Waals surface area contributed by atoms with Crippen LogP contribution in [0.2, 0.25) is 0 Å². The first-order valence-electron chi connectivity index (χ1n) is 3.95. The normalized spacial score (nSPS) is 7.42. The second-order valence-corrected chi connectivity index (χ2v) is 2.13. The highest BCUT2D eigenvalue weighted by Crippen LogP contribution is 1.79. The van der Waals surface area contributed by atoms with E-state index >= 15 is 0 Å². The fraction of sp³-hybridized carbons (Fsp3) is 0.300. The smallest absolute Gasteiger partial charge is 0.211 e. The molecule has 0 heterocycles. The number of carbonyl (C=O) groups excluding carboxylic acids is 1. The molecule has 0 atom stereocenters. The van der Waals surface area contributed by atoms with E-state index in [4.69, 9.17) is 0 Å².